The Morgan fingerprint density at radius 3 is 2.88 bits per heavy atom. The highest BCUT2D eigenvalue weighted by Gasteiger charge is 2.08. The fraction of sp³-hybridized carbons (Fsp3) is 0.100. The van der Waals surface area contributed by atoms with Crippen LogP contribution in [0.15, 0.2) is 22.9 Å². The van der Waals surface area contributed by atoms with Crippen molar-refractivity contribution in [3.63, 3.8) is 0 Å². The van der Waals surface area contributed by atoms with Crippen LogP contribution in [0.2, 0.25) is 0 Å². The minimum atomic E-state index is 0.140. The molecule has 16 heavy (non-hydrogen) atoms. The van der Waals surface area contributed by atoms with E-state index >= 15 is 0 Å². The van der Waals surface area contributed by atoms with E-state index in [4.69, 9.17) is 11.0 Å². The van der Waals surface area contributed by atoms with Gasteiger partial charge in [0.25, 0.3) is 5.82 Å². The summed E-state index contributed by atoms with van der Waals surface area (Å²) in [5.74, 6) is 0.140. The summed E-state index contributed by atoms with van der Waals surface area (Å²) in [5.41, 5.74) is 8.23. The molecular weight excluding hydrogens is 270 g/mol. The lowest BCUT2D eigenvalue weighted by atomic mass is 10.2. The number of halogens is 1. The summed E-state index contributed by atoms with van der Waals surface area (Å²) >= 11 is 3.40. The molecular formula is C10H8BrN5. The highest BCUT2D eigenvalue weighted by atomic mass is 79.9. The average molecular weight is 278 g/mol. The molecule has 6 heteroatoms. The van der Waals surface area contributed by atoms with Crippen LogP contribution in [0, 0.1) is 18.3 Å². The van der Waals surface area contributed by atoms with Crippen molar-refractivity contribution in [3.05, 3.63) is 34.3 Å². The summed E-state index contributed by atoms with van der Waals surface area (Å²) in [5, 5.41) is 12.7. The molecule has 0 aliphatic heterocycles. The Kier molecular flexibility index (Phi) is 2.62. The number of hydrogen-bond acceptors (Lipinski definition) is 4. The van der Waals surface area contributed by atoms with Crippen molar-refractivity contribution in [1.82, 2.24) is 14.8 Å². The van der Waals surface area contributed by atoms with Crippen LogP contribution in [0.3, 0.4) is 0 Å². The van der Waals surface area contributed by atoms with Crippen LogP contribution in [-0.4, -0.2) is 14.8 Å². The van der Waals surface area contributed by atoms with Gasteiger partial charge in [-0.1, -0.05) is 0 Å². The van der Waals surface area contributed by atoms with E-state index in [1.165, 1.54) is 11.0 Å². The molecule has 1 heterocycles. The average Bonchev–Trinajstić information content (AvgIpc) is 2.71. The maximum Gasteiger partial charge on any atom is 0.252 e. The molecule has 2 aromatic rings. The first-order valence-electron chi connectivity index (χ1n) is 4.49. The van der Waals surface area contributed by atoms with E-state index < -0.39 is 0 Å². The first-order valence-corrected chi connectivity index (χ1v) is 5.29. The van der Waals surface area contributed by atoms with E-state index in [0.717, 1.165) is 15.7 Å². The molecule has 80 valence electrons. The minimum Gasteiger partial charge on any atom is -0.398 e. The van der Waals surface area contributed by atoms with Crippen molar-refractivity contribution < 1.29 is 0 Å². The number of nitrogen functional groups attached to an aromatic ring is 1. The number of nitriles is 1. The summed E-state index contributed by atoms with van der Waals surface area (Å²) in [6.45, 7) is 1.91. The Hall–Kier alpha value is -1.87. The van der Waals surface area contributed by atoms with E-state index in [1.807, 2.05) is 19.1 Å². The molecule has 0 aliphatic carbocycles. The van der Waals surface area contributed by atoms with Crippen molar-refractivity contribution in [2.75, 3.05) is 5.73 Å². The summed E-state index contributed by atoms with van der Waals surface area (Å²) in [4.78, 5) is 3.84. The lowest BCUT2D eigenvalue weighted by molar-refractivity contribution is 0.867. The molecule has 0 unspecified atom stereocenters. The third-order valence-corrected chi connectivity index (χ3v) is 2.81. The van der Waals surface area contributed by atoms with E-state index in [2.05, 4.69) is 26.0 Å². The van der Waals surface area contributed by atoms with Crippen molar-refractivity contribution in [1.29, 1.82) is 5.26 Å². The second kappa shape index (κ2) is 3.94. The minimum absolute atomic E-state index is 0.140. The lowest BCUT2D eigenvalue weighted by Gasteiger charge is -2.07. The third-order valence-electron chi connectivity index (χ3n) is 2.17. The second-order valence-corrected chi connectivity index (χ2v) is 4.14. The van der Waals surface area contributed by atoms with Gasteiger partial charge in [-0.25, -0.2) is 9.67 Å². The van der Waals surface area contributed by atoms with Crippen LogP contribution in [0.25, 0.3) is 5.69 Å². The number of aromatic nitrogens is 3. The Bertz CT molecular complexity index is 581. The van der Waals surface area contributed by atoms with Gasteiger partial charge >= 0.3 is 0 Å². The zero-order chi connectivity index (χ0) is 11.7. The molecule has 1 aromatic heterocycles. The summed E-state index contributed by atoms with van der Waals surface area (Å²) < 4.78 is 2.35. The molecule has 0 atom stereocenters. The van der Waals surface area contributed by atoms with Gasteiger partial charge in [-0.15, -0.1) is 5.10 Å². The van der Waals surface area contributed by atoms with Gasteiger partial charge in [0.2, 0.25) is 0 Å². The zero-order valence-corrected chi connectivity index (χ0v) is 10.1. The number of nitrogens with zero attached hydrogens (tertiary/aromatic N) is 4. The number of benzene rings is 1. The maximum atomic E-state index is 8.65. The van der Waals surface area contributed by atoms with Crippen LogP contribution in [-0.2, 0) is 0 Å². The van der Waals surface area contributed by atoms with E-state index in [1.54, 1.807) is 6.07 Å². The van der Waals surface area contributed by atoms with Crippen molar-refractivity contribution in [3.8, 4) is 11.8 Å². The molecule has 0 bridgehead atoms. The maximum absolute atomic E-state index is 8.65. The van der Waals surface area contributed by atoms with Crippen molar-refractivity contribution in [2.45, 2.75) is 6.92 Å². The van der Waals surface area contributed by atoms with Gasteiger partial charge in [0.1, 0.15) is 12.4 Å². The molecule has 0 amide bonds. The van der Waals surface area contributed by atoms with Crippen LogP contribution in [0.1, 0.15) is 11.4 Å². The van der Waals surface area contributed by atoms with Gasteiger partial charge in [-0.3, -0.25) is 0 Å². The largest absolute Gasteiger partial charge is 0.398 e. The number of rotatable bonds is 1. The van der Waals surface area contributed by atoms with Gasteiger partial charge < -0.3 is 5.73 Å². The van der Waals surface area contributed by atoms with E-state index in [-0.39, 0.29) is 5.82 Å². The Morgan fingerprint density at radius 1 is 1.50 bits per heavy atom. The number of anilines is 1. The Morgan fingerprint density at radius 2 is 2.25 bits per heavy atom. The summed E-state index contributed by atoms with van der Waals surface area (Å²) in [6.07, 6.45) is 1.49. The Labute approximate surface area is 101 Å². The molecule has 0 spiro atoms. The fourth-order valence-electron chi connectivity index (χ4n) is 1.29. The molecule has 1 aromatic carbocycles. The van der Waals surface area contributed by atoms with Crippen LogP contribution in [0.4, 0.5) is 5.69 Å². The van der Waals surface area contributed by atoms with E-state index in [9.17, 15) is 0 Å². The van der Waals surface area contributed by atoms with Crippen LogP contribution in [0.5, 0.6) is 0 Å². The highest BCUT2D eigenvalue weighted by Crippen LogP contribution is 2.25. The first kappa shape index (κ1) is 10.6. The third kappa shape index (κ3) is 1.77. The van der Waals surface area contributed by atoms with Crippen LogP contribution < -0.4 is 5.73 Å². The standard InChI is InChI=1S/C10H8BrN5/c1-6-2-9(7(11)3-8(6)13)16-5-14-10(4-12)15-16/h2-3,5H,13H2,1H3. The summed E-state index contributed by atoms with van der Waals surface area (Å²) in [6, 6.07) is 5.57. The smallest absolute Gasteiger partial charge is 0.252 e. The molecule has 0 fully saturated rings. The van der Waals surface area contributed by atoms with Gasteiger partial charge in [-0.05, 0) is 40.5 Å². The van der Waals surface area contributed by atoms with Gasteiger partial charge in [0.05, 0.1) is 5.69 Å². The quantitative estimate of drug-likeness (QED) is 0.806. The number of aryl methyl sites for hydroxylation is 1. The molecule has 5 nitrogen and oxygen atoms in total. The van der Waals surface area contributed by atoms with Gasteiger partial charge in [0, 0.05) is 10.2 Å². The predicted octanol–water partition coefficient (Wildman–Crippen LogP) is 1.79. The Balaban J connectivity index is 2.56. The zero-order valence-electron chi connectivity index (χ0n) is 8.48. The van der Waals surface area contributed by atoms with Crippen molar-refractivity contribution >= 4 is 21.6 Å². The van der Waals surface area contributed by atoms with E-state index in [0.29, 0.717) is 5.69 Å². The monoisotopic (exact) mass is 277 g/mol. The lowest BCUT2D eigenvalue weighted by Crippen LogP contribution is -1.99. The predicted molar refractivity (Wildman–Crippen MR) is 62.9 cm³/mol. The molecule has 0 saturated carbocycles. The van der Waals surface area contributed by atoms with Gasteiger partial charge in [-0.2, -0.15) is 5.26 Å². The molecule has 0 saturated heterocycles. The molecule has 0 radical (unpaired) electrons. The molecule has 2 N–H and O–H groups in total. The molecule has 0 aliphatic rings. The number of hydrogen-bond donors (Lipinski definition) is 1. The van der Waals surface area contributed by atoms with Crippen LogP contribution >= 0.6 is 15.9 Å². The molecule has 2 rings (SSSR count). The number of nitrogens with two attached hydrogens (primary N) is 1. The highest BCUT2D eigenvalue weighted by molar-refractivity contribution is 9.10. The summed E-state index contributed by atoms with van der Waals surface area (Å²) in [7, 11) is 0. The second-order valence-electron chi connectivity index (χ2n) is 3.28. The first-order chi connectivity index (χ1) is 7.61. The normalized spacial score (nSPS) is 10.1. The topological polar surface area (TPSA) is 80.5 Å². The van der Waals surface area contributed by atoms with Crippen molar-refractivity contribution in [2.24, 2.45) is 0 Å². The SMILES string of the molecule is Cc1cc(-n2cnc(C#N)n2)c(Br)cc1N. The fourth-order valence-corrected chi connectivity index (χ4v) is 1.83. The van der Waals surface area contributed by atoms with Gasteiger partial charge in [0.15, 0.2) is 0 Å².